The summed E-state index contributed by atoms with van der Waals surface area (Å²) in [6.07, 6.45) is 0.956. The molecule has 0 saturated carbocycles. The number of nitrogens with zero attached hydrogens (tertiary/aromatic N) is 3. The van der Waals surface area contributed by atoms with Crippen LogP contribution in [0.5, 0.6) is 0 Å². The molecule has 134 valence electrons. The van der Waals surface area contributed by atoms with Gasteiger partial charge in [-0.05, 0) is 44.0 Å². The van der Waals surface area contributed by atoms with Crippen molar-refractivity contribution < 1.29 is 9.18 Å². The number of aryl methyl sites for hydroxylation is 1. The Labute approximate surface area is 148 Å². The van der Waals surface area contributed by atoms with Crippen molar-refractivity contribution in [1.82, 2.24) is 14.4 Å². The molecule has 2 heterocycles. The highest BCUT2D eigenvalue weighted by atomic mass is 19.1. The molecule has 1 aliphatic heterocycles. The smallest absolute Gasteiger partial charge is 0.255 e. The Morgan fingerprint density at radius 3 is 2.44 bits per heavy atom. The molecule has 2 aromatic rings. The van der Waals surface area contributed by atoms with Crippen LogP contribution in [0.25, 0.3) is 0 Å². The van der Waals surface area contributed by atoms with Crippen LogP contribution in [-0.4, -0.2) is 46.5 Å². The summed E-state index contributed by atoms with van der Waals surface area (Å²) in [5.74, 6) is -0.0743. The summed E-state index contributed by atoms with van der Waals surface area (Å²) in [5, 5.41) is 0. The van der Waals surface area contributed by atoms with E-state index in [0.717, 1.165) is 61.7 Å². The lowest BCUT2D eigenvalue weighted by Crippen LogP contribution is -2.35. The first-order valence-corrected chi connectivity index (χ1v) is 8.84. The summed E-state index contributed by atoms with van der Waals surface area (Å²) >= 11 is 0. The third-order valence-corrected chi connectivity index (χ3v) is 5.20. The molecule has 3 rings (SSSR count). The van der Waals surface area contributed by atoms with Gasteiger partial charge in [-0.1, -0.05) is 12.1 Å². The van der Waals surface area contributed by atoms with Crippen molar-refractivity contribution in [1.29, 1.82) is 0 Å². The highest BCUT2D eigenvalue weighted by molar-refractivity contribution is 5.95. The fraction of sp³-hybridized carbons (Fsp3) is 0.450. The molecular formula is C20H26FN3O. The van der Waals surface area contributed by atoms with E-state index in [1.807, 2.05) is 44.0 Å². The van der Waals surface area contributed by atoms with E-state index in [1.165, 1.54) is 12.1 Å². The van der Waals surface area contributed by atoms with Gasteiger partial charge in [-0.15, -0.1) is 0 Å². The molecule has 0 N–H and O–H groups in total. The average molecular weight is 343 g/mol. The number of carbonyl (C=O) groups excluding carboxylic acids is 1. The van der Waals surface area contributed by atoms with Crippen molar-refractivity contribution in [2.75, 3.05) is 26.2 Å². The first kappa shape index (κ1) is 17.7. The highest BCUT2D eigenvalue weighted by Gasteiger charge is 2.23. The number of halogens is 1. The van der Waals surface area contributed by atoms with Crippen LogP contribution < -0.4 is 0 Å². The van der Waals surface area contributed by atoms with Crippen molar-refractivity contribution in [2.24, 2.45) is 7.05 Å². The van der Waals surface area contributed by atoms with Crippen LogP contribution in [0, 0.1) is 19.7 Å². The quantitative estimate of drug-likeness (QED) is 0.857. The number of aromatic nitrogens is 1. The van der Waals surface area contributed by atoms with E-state index >= 15 is 0 Å². The molecule has 1 aromatic carbocycles. The zero-order valence-electron chi connectivity index (χ0n) is 15.3. The fourth-order valence-corrected chi connectivity index (χ4v) is 3.42. The normalized spacial score (nSPS) is 16.1. The van der Waals surface area contributed by atoms with Crippen molar-refractivity contribution in [2.45, 2.75) is 26.8 Å². The second-order valence-corrected chi connectivity index (χ2v) is 6.89. The van der Waals surface area contributed by atoms with Gasteiger partial charge >= 0.3 is 0 Å². The lowest BCUT2D eigenvalue weighted by molar-refractivity contribution is 0.0760. The van der Waals surface area contributed by atoms with Gasteiger partial charge in [0.05, 0.1) is 5.56 Å². The van der Waals surface area contributed by atoms with Gasteiger partial charge in [0.15, 0.2) is 0 Å². The minimum atomic E-state index is -0.204. The molecule has 1 fully saturated rings. The van der Waals surface area contributed by atoms with E-state index in [2.05, 4.69) is 9.47 Å². The Bertz CT molecular complexity index is 751. The Balaban J connectivity index is 1.63. The molecule has 1 amide bonds. The molecular weight excluding hydrogens is 317 g/mol. The fourth-order valence-electron chi connectivity index (χ4n) is 3.42. The topological polar surface area (TPSA) is 28.5 Å². The predicted octanol–water partition coefficient (Wildman–Crippen LogP) is 3.13. The molecule has 4 nitrogen and oxygen atoms in total. The van der Waals surface area contributed by atoms with Crippen molar-refractivity contribution >= 4 is 5.91 Å². The van der Waals surface area contributed by atoms with Gasteiger partial charge < -0.3 is 9.47 Å². The summed E-state index contributed by atoms with van der Waals surface area (Å²) in [7, 11) is 1.99. The zero-order valence-corrected chi connectivity index (χ0v) is 15.3. The van der Waals surface area contributed by atoms with Crippen LogP contribution >= 0.6 is 0 Å². The van der Waals surface area contributed by atoms with Gasteiger partial charge in [-0.25, -0.2) is 4.39 Å². The van der Waals surface area contributed by atoms with Crippen molar-refractivity contribution in [3.05, 3.63) is 58.7 Å². The average Bonchev–Trinajstić information content (AvgIpc) is 2.79. The van der Waals surface area contributed by atoms with E-state index in [1.54, 1.807) is 0 Å². The minimum Gasteiger partial charge on any atom is -0.351 e. The number of benzene rings is 1. The van der Waals surface area contributed by atoms with Crippen LogP contribution in [0.15, 0.2) is 30.3 Å². The molecule has 0 atom stereocenters. The lowest BCUT2D eigenvalue weighted by atomic mass is 10.2. The van der Waals surface area contributed by atoms with E-state index in [9.17, 15) is 9.18 Å². The predicted molar refractivity (Wildman–Crippen MR) is 97.1 cm³/mol. The molecule has 1 saturated heterocycles. The zero-order chi connectivity index (χ0) is 18.0. The standard InChI is InChI=1S/C20H26FN3O/c1-15-13-19(16(2)22(15)3)20(25)24-10-4-9-23(11-12-24)14-17-5-7-18(21)8-6-17/h5-8,13H,4,9-12,14H2,1-3H3. The minimum absolute atomic E-state index is 0.129. The van der Waals surface area contributed by atoms with Crippen LogP contribution in [-0.2, 0) is 13.6 Å². The first-order valence-electron chi connectivity index (χ1n) is 8.84. The van der Waals surface area contributed by atoms with Gasteiger partial charge in [0.2, 0.25) is 0 Å². The Kier molecular flexibility index (Phi) is 5.23. The van der Waals surface area contributed by atoms with E-state index in [4.69, 9.17) is 0 Å². The number of rotatable bonds is 3. The van der Waals surface area contributed by atoms with Crippen molar-refractivity contribution in [3.8, 4) is 0 Å². The van der Waals surface area contributed by atoms with Crippen LogP contribution in [0.4, 0.5) is 4.39 Å². The van der Waals surface area contributed by atoms with E-state index in [-0.39, 0.29) is 11.7 Å². The number of hydrogen-bond donors (Lipinski definition) is 0. The SMILES string of the molecule is Cc1cc(C(=O)N2CCCN(Cc3ccc(F)cc3)CC2)c(C)n1C. The molecule has 1 aliphatic rings. The molecule has 1 aromatic heterocycles. The molecule has 0 radical (unpaired) electrons. The summed E-state index contributed by atoms with van der Waals surface area (Å²) in [6.45, 7) is 8.13. The number of carbonyl (C=O) groups is 1. The Morgan fingerprint density at radius 1 is 1.08 bits per heavy atom. The largest absolute Gasteiger partial charge is 0.351 e. The second-order valence-electron chi connectivity index (χ2n) is 6.89. The molecule has 0 unspecified atom stereocenters. The number of hydrogen-bond acceptors (Lipinski definition) is 2. The molecule has 25 heavy (non-hydrogen) atoms. The monoisotopic (exact) mass is 343 g/mol. The van der Waals surface area contributed by atoms with Crippen LogP contribution in [0.1, 0.15) is 33.7 Å². The van der Waals surface area contributed by atoms with Gasteiger partial charge in [-0.2, -0.15) is 0 Å². The molecule has 0 spiro atoms. The highest BCUT2D eigenvalue weighted by Crippen LogP contribution is 2.17. The van der Waals surface area contributed by atoms with Gasteiger partial charge in [0.25, 0.3) is 5.91 Å². The maximum absolute atomic E-state index is 13.0. The van der Waals surface area contributed by atoms with Crippen LogP contribution in [0.2, 0.25) is 0 Å². The number of amides is 1. The Morgan fingerprint density at radius 2 is 1.80 bits per heavy atom. The van der Waals surface area contributed by atoms with Gasteiger partial charge in [-0.3, -0.25) is 9.69 Å². The third kappa shape index (κ3) is 3.93. The van der Waals surface area contributed by atoms with Crippen LogP contribution in [0.3, 0.4) is 0 Å². The molecule has 0 aliphatic carbocycles. The summed E-state index contributed by atoms with van der Waals surface area (Å²) in [6, 6.07) is 8.66. The maximum atomic E-state index is 13.0. The van der Waals surface area contributed by atoms with Gasteiger partial charge in [0, 0.05) is 51.2 Å². The summed E-state index contributed by atoms with van der Waals surface area (Å²) < 4.78 is 15.1. The van der Waals surface area contributed by atoms with Crippen molar-refractivity contribution in [3.63, 3.8) is 0 Å². The Hall–Kier alpha value is -2.14. The summed E-state index contributed by atoms with van der Waals surface area (Å²) in [5.41, 5.74) is 4.05. The first-order chi connectivity index (χ1) is 12.0. The van der Waals surface area contributed by atoms with E-state index in [0.29, 0.717) is 0 Å². The molecule has 0 bridgehead atoms. The van der Waals surface area contributed by atoms with E-state index < -0.39 is 0 Å². The maximum Gasteiger partial charge on any atom is 0.255 e. The molecule has 5 heteroatoms. The lowest BCUT2D eigenvalue weighted by Gasteiger charge is -2.22. The second kappa shape index (κ2) is 7.40. The third-order valence-electron chi connectivity index (χ3n) is 5.20. The van der Waals surface area contributed by atoms with Gasteiger partial charge in [0.1, 0.15) is 5.82 Å². The summed E-state index contributed by atoms with van der Waals surface area (Å²) in [4.78, 5) is 17.2.